The third-order valence-corrected chi connectivity index (χ3v) is 4.14. The molecule has 1 fully saturated rings. The van der Waals surface area contributed by atoms with E-state index < -0.39 is 17.6 Å². The van der Waals surface area contributed by atoms with Gasteiger partial charge in [-0.25, -0.2) is 0 Å². The fourth-order valence-corrected chi connectivity index (χ4v) is 2.69. The zero-order valence-electron chi connectivity index (χ0n) is 14.0. The smallest absolute Gasteiger partial charge is 0.258 e. The second kappa shape index (κ2) is 7.29. The largest absolute Gasteiger partial charge is 0.491 e. The van der Waals surface area contributed by atoms with E-state index in [1.165, 1.54) is 4.90 Å². The lowest BCUT2D eigenvalue weighted by Gasteiger charge is -2.37. The number of piperidine rings is 1. The number of aliphatic hydroxyl groups excluding tert-OH is 1. The van der Waals surface area contributed by atoms with E-state index in [9.17, 15) is 15.0 Å². The van der Waals surface area contributed by atoms with Crippen molar-refractivity contribution in [1.29, 1.82) is 0 Å². The zero-order chi connectivity index (χ0) is 17.0. The Morgan fingerprint density at radius 1 is 1.26 bits per heavy atom. The van der Waals surface area contributed by atoms with Gasteiger partial charge < -0.3 is 25.2 Å². The number of likely N-dealkylation sites (N-methyl/N-ethyl adjacent to an activating group) is 1. The Morgan fingerprint density at radius 2 is 1.83 bits per heavy atom. The van der Waals surface area contributed by atoms with Crippen molar-refractivity contribution in [3.05, 3.63) is 24.3 Å². The van der Waals surface area contributed by atoms with E-state index in [0.717, 1.165) is 5.75 Å². The highest BCUT2D eigenvalue weighted by Gasteiger charge is 2.42. The van der Waals surface area contributed by atoms with Crippen LogP contribution in [0.25, 0.3) is 0 Å². The van der Waals surface area contributed by atoms with Gasteiger partial charge >= 0.3 is 0 Å². The Labute approximate surface area is 137 Å². The zero-order valence-corrected chi connectivity index (χ0v) is 14.0. The normalized spacial score (nSPS) is 18.5. The lowest BCUT2D eigenvalue weighted by molar-refractivity contribution is -0.146. The SMILES string of the molecule is CC(C)Oc1ccc(N(C)C(=O)C(O)C2(O)CCNCC2)cc1. The van der Waals surface area contributed by atoms with Gasteiger partial charge in [-0.1, -0.05) is 0 Å². The predicted molar refractivity (Wildman–Crippen MR) is 88.7 cm³/mol. The summed E-state index contributed by atoms with van der Waals surface area (Å²) in [6.45, 7) is 5.07. The van der Waals surface area contributed by atoms with Gasteiger partial charge in [0.15, 0.2) is 6.10 Å². The summed E-state index contributed by atoms with van der Waals surface area (Å²) < 4.78 is 5.57. The number of amides is 1. The molecule has 0 spiro atoms. The average Bonchev–Trinajstić information content (AvgIpc) is 2.53. The van der Waals surface area contributed by atoms with Crippen LogP contribution in [0.15, 0.2) is 24.3 Å². The summed E-state index contributed by atoms with van der Waals surface area (Å²) in [5.74, 6) is 0.217. The number of carbonyl (C=O) groups is 1. The van der Waals surface area contributed by atoms with E-state index >= 15 is 0 Å². The number of ether oxygens (including phenoxy) is 1. The van der Waals surface area contributed by atoms with Crippen molar-refractivity contribution in [1.82, 2.24) is 5.32 Å². The lowest BCUT2D eigenvalue weighted by atomic mass is 9.86. The third kappa shape index (κ3) is 4.22. The molecule has 6 nitrogen and oxygen atoms in total. The molecule has 1 heterocycles. The van der Waals surface area contributed by atoms with Gasteiger partial charge in [-0.15, -0.1) is 0 Å². The van der Waals surface area contributed by atoms with Crippen LogP contribution in [0, 0.1) is 0 Å². The van der Waals surface area contributed by atoms with Crippen LogP contribution in [0.2, 0.25) is 0 Å². The first-order chi connectivity index (χ1) is 10.8. The van der Waals surface area contributed by atoms with Crippen molar-refractivity contribution < 1.29 is 19.7 Å². The van der Waals surface area contributed by atoms with Crippen LogP contribution in [0.5, 0.6) is 5.75 Å². The number of benzene rings is 1. The summed E-state index contributed by atoms with van der Waals surface area (Å²) in [6.07, 6.45) is -0.638. The molecule has 1 atom stereocenters. The second-order valence-electron chi connectivity index (χ2n) is 6.31. The topological polar surface area (TPSA) is 82.0 Å². The highest BCUT2D eigenvalue weighted by atomic mass is 16.5. The molecule has 3 N–H and O–H groups in total. The van der Waals surface area contributed by atoms with E-state index in [0.29, 0.717) is 31.6 Å². The van der Waals surface area contributed by atoms with Crippen LogP contribution in [-0.4, -0.2) is 54.1 Å². The molecule has 23 heavy (non-hydrogen) atoms. The molecule has 1 amide bonds. The van der Waals surface area contributed by atoms with E-state index in [-0.39, 0.29) is 6.10 Å². The first-order valence-electron chi connectivity index (χ1n) is 7.99. The minimum Gasteiger partial charge on any atom is -0.491 e. The maximum absolute atomic E-state index is 12.5. The molecule has 0 aliphatic carbocycles. The number of nitrogens with one attached hydrogen (secondary N) is 1. The number of nitrogens with zero attached hydrogens (tertiary/aromatic N) is 1. The summed E-state index contributed by atoms with van der Waals surface area (Å²) in [4.78, 5) is 13.8. The van der Waals surface area contributed by atoms with Crippen LogP contribution in [0.3, 0.4) is 0 Å². The van der Waals surface area contributed by atoms with Crippen molar-refractivity contribution in [2.75, 3.05) is 25.0 Å². The Bertz CT molecular complexity index is 524. The van der Waals surface area contributed by atoms with E-state index in [1.54, 1.807) is 31.3 Å². The van der Waals surface area contributed by atoms with Crippen molar-refractivity contribution in [2.24, 2.45) is 0 Å². The monoisotopic (exact) mass is 322 g/mol. The van der Waals surface area contributed by atoms with E-state index in [1.807, 2.05) is 13.8 Å². The molecule has 1 aliphatic heterocycles. The van der Waals surface area contributed by atoms with Crippen molar-refractivity contribution in [2.45, 2.75) is 44.5 Å². The lowest BCUT2D eigenvalue weighted by Crippen LogP contribution is -2.56. The molecule has 6 heteroatoms. The van der Waals surface area contributed by atoms with Gasteiger partial charge in [-0.2, -0.15) is 0 Å². The molecular formula is C17H26N2O4. The molecule has 1 aliphatic rings. The fraction of sp³-hybridized carbons (Fsp3) is 0.588. The van der Waals surface area contributed by atoms with Crippen LogP contribution < -0.4 is 15.0 Å². The summed E-state index contributed by atoms with van der Waals surface area (Å²) >= 11 is 0. The van der Waals surface area contributed by atoms with Gasteiger partial charge in [-0.05, 0) is 64.0 Å². The number of carbonyl (C=O) groups excluding carboxylic acids is 1. The number of hydrogen-bond donors (Lipinski definition) is 3. The van der Waals surface area contributed by atoms with Crippen molar-refractivity contribution in [3.63, 3.8) is 0 Å². The first kappa shape index (κ1) is 17.7. The van der Waals surface area contributed by atoms with Crippen LogP contribution in [0.4, 0.5) is 5.69 Å². The molecule has 1 aromatic rings. The maximum atomic E-state index is 12.5. The fourth-order valence-electron chi connectivity index (χ4n) is 2.69. The Morgan fingerprint density at radius 3 is 2.35 bits per heavy atom. The quantitative estimate of drug-likeness (QED) is 0.751. The molecular weight excluding hydrogens is 296 g/mol. The molecule has 1 aromatic carbocycles. The molecule has 0 radical (unpaired) electrons. The van der Waals surface area contributed by atoms with Gasteiger partial charge in [0, 0.05) is 12.7 Å². The summed E-state index contributed by atoms with van der Waals surface area (Å²) in [6, 6.07) is 7.08. The van der Waals surface area contributed by atoms with E-state index in [4.69, 9.17) is 4.74 Å². The molecule has 1 unspecified atom stereocenters. The van der Waals surface area contributed by atoms with Gasteiger partial charge in [0.2, 0.25) is 0 Å². The number of aliphatic hydroxyl groups is 2. The third-order valence-electron chi connectivity index (χ3n) is 4.14. The minimum atomic E-state index is -1.43. The van der Waals surface area contributed by atoms with Gasteiger partial charge in [0.05, 0.1) is 6.10 Å². The standard InChI is InChI=1S/C17H26N2O4/c1-12(2)23-14-6-4-13(5-7-14)19(3)16(21)15(20)17(22)8-10-18-11-9-17/h4-7,12,15,18,20,22H,8-11H2,1-3H3. The predicted octanol–water partition coefficient (Wildman–Crippen LogP) is 0.912. The Hall–Kier alpha value is -1.63. The van der Waals surface area contributed by atoms with Gasteiger partial charge in [0.1, 0.15) is 11.4 Å². The highest BCUT2D eigenvalue weighted by Crippen LogP contribution is 2.26. The second-order valence-corrected chi connectivity index (χ2v) is 6.31. The van der Waals surface area contributed by atoms with Crippen molar-refractivity contribution >= 4 is 11.6 Å². The number of anilines is 1. The molecule has 0 bridgehead atoms. The molecule has 128 valence electrons. The van der Waals surface area contributed by atoms with Crippen LogP contribution >= 0.6 is 0 Å². The maximum Gasteiger partial charge on any atom is 0.258 e. The minimum absolute atomic E-state index is 0.0798. The first-order valence-corrected chi connectivity index (χ1v) is 7.99. The highest BCUT2D eigenvalue weighted by molar-refractivity contribution is 5.96. The van der Waals surface area contributed by atoms with Gasteiger partial charge in [0.25, 0.3) is 5.91 Å². The number of rotatable bonds is 5. The Balaban J connectivity index is 2.06. The summed E-state index contributed by atoms with van der Waals surface area (Å²) in [7, 11) is 1.59. The average molecular weight is 322 g/mol. The van der Waals surface area contributed by atoms with E-state index in [2.05, 4.69) is 5.32 Å². The molecule has 1 saturated heterocycles. The number of hydrogen-bond acceptors (Lipinski definition) is 5. The van der Waals surface area contributed by atoms with Crippen LogP contribution in [0.1, 0.15) is 26.7 Å². The van der Waals surface area contributed by atoms with Crippen LogP contribution in [-0.2, 0) is 4.79 Å². The van der Waals surface area contributed by atoms with Crippen molar-refractivity contribution in [3.8, 4) is 5.75 Å². The molecule has 0 aromatic heterocycles. The summed E-state index contributed by atoms with van der Waals surface area (Å²) in [5.41, 5.74) is -0.722. The van der Waals surface area contributed by atoms with Gasteiger partial charge in [-0.3, -0.25) is 4.79 Å². The Kier molecular flexibility index (Phi) is 5.62. The molecule has 2 rings (SSSR count). The molecule has 0 saturated carbocycles. The summed E-state index contributed by atoms with van der Waals surface area (Å²) in [5, 5.41) is 23.9.